The highest BCUT2D eigenvalue weighted by Crippen LogP contribution is 2.17. The molecule has 27 heavy (non-hydrogen) atoms. The summed E-state index contributed by atoms with van der Waals surface area (Å²) in [7, 11) is 0. The highest BCUT2D eigenvalue weighted by molar-refractivity contribution is 6.38. The van der Waals surface area contributed by atoms with E-state index in [1.54, 1.807) is 6.20 Å². The highest BCUT2D eigenvalue weighted by atomic mass is 16.3. The van der Waals surface area contributed by atoms with Crippen molar-refractivity contribution < 1.29 is 5.11 Å². The summed E-state index contributed by atoms with van der Waals surface area (Å²) in [6, 6.07) is 11.2. The number of nitrogens with zero attached hydrogens (tertiary/aromatic N) is 4. The third-order valence-electron chi connectivity index (χ3n) is 4.14. The van der Waals surface area contributed by atoms with Gasteiger partial charge in [0.15, 0.2) is 11.4 Å². The summed E-state index contributed by atoms with van der Waals surface area (Å²) in [5.74, 6) is 5.39. The average Bonchev–Trinajstić information content (AvgIpc) is 2.68. The summed E-state index contributed by atoms with van der Waals surface area (Å²) in [6.07, 6.45) is 6.07. The highest BCUT2D eigenvalue weighted by Gasteiger charge is 2.11. The SMILES string of the molecule is CCCc1cnc2c(O)cc(C(C=NCc3ccccc3)=NN)cn2c1=O. The van der Waals surface area contributed by atoms with E-state index in [0.29, 0.717) is 29.8 Å². The first kappa shape index (κ1) is 18.3. The van der Waals surface area contributed by atoms with Crippen molar-refractivity contribution in [2.24, 2.45) is 15.9 Å². The van der Waals surface area contributed by atoms with Crippen molar-refractivity contribution in [3.8, 4) is 5.75 Å². The Morgan fingerprint density at radius 3 is 2.81 bits per heavy atom. The van der Waals surface area contributed by atoms with Crippen LogP contribution >= 0.6 is 0 Å². The van der Waals surface area contributed by atoms with E-state index in [2.05, 4.69) is 15.1 Å². The van der Waals surface area contributed by atoms with Gasteiger partial charge in [-0.1, -0.05) is 43.7 Å². The monoisotopic (exact) mass is 363 g/mol. The first-order valence-corrected chi connectivity index (χ1v) is 8.69. The van der Waals surface area contributed by atoms with E-state index >= 15 is 0 Å². The van der Waals surface area contributed by atoms with Crippen LogP contribution in [0.25, 0.3) is 5.65 Å². The Morgan fingerprint density at radius 2 is 2.11 bits per heavy atom. The first-order valence-electron chi connectivity index (χ1n) is 8.69. The van der Waals surface area contributed by atoms with Gasteiger partial charge in [0.2, 0.25) is 0 Å². The molecule has 7 heteroatoms. The maximum absolute atomic E-state index is 12.6. The van der Waals surface area contributed by atoms with Crippen LogP contribution in [0.2, 0.25) is 0 Å². The van der Waals surface area contributed by atoms with Gasteiger partial charge in [-0.25, -0.2) is 4.98 Å². The van der Waals surface area contributed by atoms with Gasteiger partial charge in [-0.2, -0.15) is 5.10 Å². The van der Waals surface area contributed by atoms with E-state index in [0.717, 1.165) is 12.0 Å². The quantitative estimate of drug-likeness (QED) is 0.398. The minimum atomic E-state index is -0.211. The lowest BCUT2D eigenvalue weighted by Gasteiger charge is -2.08. The Labute approximate surface area is 156 Å². The second-order valence-electron chi connectivity index (χ2n) is 6.12. The molecule has 0 radical (unpaired) electrons. The van der Waals surface area contributed by atoms with Crippen LogP contribution in [0.1, 0.15) is 30.0 Å². The van der Waals surface area contributed by atoms with Gasteiger partial charge >= 0.3 is 0 Å². The number of aliphatic imine (C=N–C) groups is 1. The molecule has 138 valence electrons. The lowest BCUT2D eigenvalue weighted by atomic mass is 10.1. The summed E-state index contributed by atoms with van der Waals surface area (Å²) >= 11 is 0. The molecular formula is C20H21N5O2. The fraction of sp³-hybridized carbons (Fsp3) is 0.200. The van der Waals surface area contributed by atoms with Gasteiger partial charge in [0, 0.05) is 29.7 Å². The van der Waals surface area contributed by atoms with Crippen LogP contribution in [0.4, 0.5) is 0 Å². The van der Waals surface area contributed by atoms with Gasteiger partial charge in [-0.15, -0.1) is 0 Å². The van der Waals surface area contributed by atoms with Crippen molar-refractivity contribution >= 4 is 17.6 Å². The third kappa shape index (κ3) is 4.03. The predicted molar refractivity (Wildman–Crippen MR) is 106 cm³/mol. The molecule has 0 aliphatic carbocycles. The average molecular weight is 363 g/mol. The van der Waals surface area contributed by atoms with Crippen molar-refractivity contribution in [2.45, 2.75) is 26.3 Å². The molecular weight excluding hydrogens is 342 g/mol. The summed E-state index contributed by atoms with van der Waals surface area (Å²) in [4.78, 5) is 21.2. The second kappa shape index (κ2) is 8.27. The Morgan fingerprint density at radius 1 is 1.33 bits per heavy atom. The Bertz CT molecular complexity index is 1060. The summed E-state index contributed by atoms with van der Waals surface area (Å²) in [5.41, 5.74) is 2.47. The molecule has 0 aliphatic rings. The van der Waals surface area contributed by atoms with E-state index in [4.69, 9.17) is 5.84 Å². The minimum Gasteiger partial charge on any atom is -0.504 e. The van der Waals surface area contributed by atoms with Crippen molar-refractivity contribution in [1.82, 2.24) is 9.38 Å². The van der Waals surface area contributed by atoms with Crippen LogP contribution in [0.3, 0.4) is 0 Å². The summed E-state index contributed by atoms with van der Waals surface area (Å²) in [5, 5.41) is 14.0. The molecule has 0 amide bonds. The van der Waals surface area contributed by atoms with E-state index in [1.807, 2.05) is 37.3 Å². The third-order valence-corrected chi connectivity index (χ3v) is 4.14. The lowest BCUT2D eigenvalue weighted by molar-refractivity contribution is 0.476. The fourth-order valence-corrected chi connectivity index (χ4v) is 2.79. The molecule has 3 aromatic rings. The first-order chi connectivity index (χ1) is 13.1. The zero-order valence-corrected chi connectivity index (χ0v) is 15.0. The van der Waals surface area contributed by atoms with Gasteiger partial charge in [0.05, 0.1) is 6.54 Å². The molecule has 0 saturated heterocycles. The number of rotatable bonds is 6. The number of benzene rings is 1. The number of nitrogens with two attached hydrogens (primary N) is 1. The smallest absolute Gasteiger partial charge is 0.261 e. The zero-order chi connectivity index (χ0) is 19.2. The summed E-state index contributed by atoms with van der Waals surface area (Å²) < 4.78 is 1.33. The van der Waals surface area contributed by atoms with Crippen LogP contribution < -0.4 is 11.4 Å². The topological polar surface area (TPSA) is 105 Å². The van der Waals surface area contributed by atoms with Crippen molar-refractivity contribution in [1.29, 1.82) is 0 Å². The fourth-order valence-electron chi connectivity index (χ4n) is 2.79. The van der Waals surface area contributed by atoms with E-state index in [-0.39, 0.29) is 17.0 Å². The zero-order valence-electron chi connectivity index (χ0n) is 15.0. The maximum atomic E-state index is 12.6. The number of pyridine rings is 1. The normalized spacial score (nSPS) is 12.1. The molecule has 1 aromatic carbocycles. The van der Waals surface area contributed by atoms with E-state index in [1.165, 1.54) is 22.9 Å². The second-order valence-corrected chi connectivity index (χ2v) is 6.12. The molecule has 0 spiro atoms. The Balaban J connectivity index is 1.96. The van der Waals surface area contributed by atoms with Gasteiger partial charge < -0.3 is 10.9 Å². The van der Waals surface area contributed by atoms with Crippen LogP contribution in [0, 0.1) is 0 Å². The van der Waals surface area contributed by atoms with Crippen LogP contribution in [-0.4, -0.2) is 26.4 Å². The van der Waals surface area contributed by atoms with Crippen LogP contribution in [0.5, 0.6) is 5.75 Å². The largest absolute Gasteiger partial charge is 0.504 e. The van der Waals surface area contributed by atoms with Gasteiger partial charge in [-0.3, -0.25) is 14.2 Å². The minimum absolute atomic E-state index is 0.120. The maximum Gasteiger partial charge on any atom is 0.261 e. The Kier molecular flexibility index (Phi) is 5.61. The van der Waals surface area contributed by atoms with Crippen LogP contribution in [-0.2, 0) is 13.0 Å². The molecule has 0 bridgehead atoms. The standard InChI is InChI=1S/C20H21N5O2/c1-2-6-15-11-23-19-18(26)9-16(13-25(19)20(15)27)17(24-21)12-22-10-14-7-4-3-5-8-14/h3-5,7-9,11-13,26H,2,6,10,21H2,1H3. The van der Waals surface area contributed by atoms with Crippen LogP contribution in [0.15, 0.2) is 63.7 Å². The van der Waals surface area contributed by atoms with Crippen molar-refractivity contribution in [3.05, 3.63) is 75.8 Å². The molecule has 7 nitrogen and oxygen atoms in total. The number of aryl methyl sites for hydroxylation is 1. The molecule has 2 aromatic heterocycles. The van der Waals surface area contributed by atoms with Gasteiger partial charge in [0.25, 0.3) is 5.56 Å². The number of hydrogen-bond acceptors (Lipinski definition) is 6. The van der Waals surface area contributed by atoms with Gasteiger partial charge in [0.1, 0.15) is 5.71 Å². The molecule has 0 saturated carbocycles. The van der Waals surface area contributed by atoms with Gasteiger partial charge in [-0.05, 0) is 18.1 Å². The molecule has 3 N–H and O–H groups in total. The van der Waals surface area contributed by atoms with Crippen molar-refractivity contribution in [3.63, 3.8) is 0 Å². The molecule has 0 atom stereocenters. The number of hydrazone groups is 1. The Hall–Kier alpha value is -3.48. The van der Waals surface area contributed by atoms with E-state index < -0.39 is 0 Å². The number of fused-ring (bicyclic) bond motifs is 1. The summed E-state index contributed by atoms with van der Waals surface area (Å²) in [6.45, 7) is 2.46. The van der Waals surface area contributed by atoms with E-state index in [9.17, 15) is 9.90 Å². The molecule has 0 aliphatic heterocycles. The molecule has 3 rings (SSSR count). The molecule has 0 fully saturated rings. The number of aromatic hydroxyl groups is 1. The molecule has 2 heterocycles. The number of hydrogen-bond donors (Lipinski definition) is 2. The molecule has 0 unspecified atom stereocenters. The lowest BCUT2D eigenvalue weighted by Crippen LogP contribution is -2.21. The van der Waals surface area contributed by atoms with Crippen molar-refractivity contribution in [2.75, 3.05) is 0 Å². The predicted octanol–water partition coefficient (Wildman–Crippen LogP) is 2.29. The number of aromatic nitrogens is 2.